The molecular weight excluding hydrogens is 340 g/mol. The molecule has 8 heteroatoms. The van der Waals surface area contributed by atoms with E-state index in [1.165, 1.54) is 11.3 Å². The van der Waals surface area contributed by atoms with Crippen molar-refractivity contribution >= 4 is 28.8 Å². The number of benzene rings is 1. The van der Waals surface area contributed by atoms with E-state index >= 15 is 0 Å². The predicted octanol–water partition coefficient (Wildman–Crippen LogP) is 1.30. The highest BCUT2D eigenvalue weighted by Gasteiger charge is 2.33. The summed E-state index contributed by atoms with van der Waals surface area (Å²) in [5.74, 6) is 0.531. The molecular formula is C17H18N4O3S. The summed E-state index contributed by atoms with van der Waals surface area (Å²) in [6, 6.07) is 7.37. The van der Waals surface area contributed by atoms with Crippen molar-refractivity contribution in [3.8, 4) is 5.75 Å². The Morgan fingerprint density at radius 2 is 2.20 bits per heavy atom. The highest BCUT2D eigenvalue weighted by Crippen LogP contribution is 2.26. The minimum Gasteiger partial charge on any atom is -0.490 e. The van der Waals surface area contributed by atoms with Crippen LogP contribution in [0.1, 0.15) is 9.80 Å². The van der Waals surface area contributed by atoms with Crippen molar-refractivity contribution in [2.75, 3.05) is 38.1 Å². The Balaban J connectivity index is 1.52. The average Bonchev–Trinajstić information content (AvgIpc) is 3.16. The molecule has 1 atom stereocenters. The van der Waals surface area contributed by atoms with E-state index in [2.05, 4.69) is 15.2 Å². The van der Waals surface area contributed by atoms with Crippen molar-refractivity contribution < 1.29 is 14.3 Å². The molecule has 4 rings (SSSR count). The minimum atomic E-state index is -0.0670. The van der Waals surface area contributed by atoms with Gasteiger partial charge in [0, 0.05) is 31.2 Å². The molecule has 25 heavy (non-hydrogen) atoms. The van der Waals surface area contributed by atoms with Crippen molar-refractivity contribution in [1.82, 2.24) is 14.8 Å². The minimum absolute atomic E-state index is 0.0328. The normalized spacial score (nSPS) is 21.0. The van der Waals surface area contributed by atoms with Crippen LogP contribution in [-0.2, 0) is 4.79 Å². The Morgan fingerprint density at radius 1 is 1.32 bits per heavy atom. The van der Waals surface area contributed by atoms with Crippen LogP contribution in [0.15, 0.2) is 35.8 Å². The fourth-order valence-corrected chi connectivity index (χ4v) is 3.77. The molecule has 1 aromatic heterocycles. The highest BCUT2D eigenvalue weighted by molar-refractivity contribution is 7.11. The van der Waals surface area contributed by atoms with Crippen LogP contribution in [0.4, 0.5) is 5.69 Å². The summed E-state index contributed by atoms with van der Waals surface area (Å²) in [5, 5.41) is 5.20. The highest BCUT2D eigenvalue weighted by atomic mass is 32.1. The third kappa shape index (κ3) is 3.35. The monoisotopic (exact) mass is 358 g/mol. The van der Waals surface area contributed by atoms with Crippen molar-refractivity contribution in [2.45, 2.75) is 6.04 Å². The van der Waals surface area contributed by atoms with Gasteiger partial charge < -0.3 is 15.0 Å². The van der Waals surface area contributed by atoms with E-state index in [0.717, 1.165) is 0 Å². The van der Waals surface area contributed by atoms with Gasteiger partial charge in [-0.2, -0.15) is 0 Å². The van der Waals surface area contributed by atoms with Crippen LogP contribution in [0.3, 0.4) is 0 Å². The molecule has 1 aromatic carbocycles. The van der Waals surface area contributed by atoms with Gasteiger partial charge in [0.05, 0.1) is 18.3 Å². The van der Waals surface area contributed by atoms with Gasteiger partial charge in [0.1, 0.15) is 12.4 Å². The molecule has 2 amide bonds. The lowest BCUT2D eigenvalue weighted by Gasteiger charge is -2.40. The number of carbonyl (C=O) groups excluding carboxylic acids is 2. The first-order valence-corrected chi connectivity index (χ1v) is 9.03. The van der Waals surface area contributed by atoms with Crippen LogP contribution in [0.2, 0.25) is 0 Å². The zero-order valence-electron chi connectivity index (χ0n) is 13.6. The van der Waals surface area contributed by atoms with Gasteiger partial charge in [-0.05, 0) is 12.1 Å². The third-order valence-corrected chi connectivity index (χ3v) is 5.21. The number of aromatic nitrogens is 1. The molecule has 2 aromatic rings. The molecule has 1 saturated heterocycles. The smallest absolute Gasteiger partial charge is 0.282 e. The second-order valence-corrected chi connectivity index (χ2v) is 6.96. The quantitative estimate of drug-likeness (QED) is 0.832. The third-order valence-electron chi connectivity index (χ3n) is 4.45. The molecule has 1 N–H and O–H groups in total. The average molecular weight is 358 g/mol. The molecule has 7 nitrogen and oxygen atoms in total. The van der Waals surface area contributed by atoms with Crippen LogP contribution >= 0.6 is 11.3 Å². The maximum Gasteiger partial charge on any atom is 0.282 e. The molecule has 0 bridgehead atoms. The van der Waals surface area contributed by atoms with E-state index < -0.39 is 0 Å². The number of fused-ring (bicyclic) bond motifs is 2. The van der Waals surface area contributed by atoms with E-state index in [4.69, 9.17) is 4.74 Å². The zero-order valence-corrected chi connectivity index (χ0v) is 14.4. The number of amides is 2. The SMILES string of the molecule is O=C1CN2CCN(C(=O)c3nccs3)C[C@@H]2COc2ccccc2N1. The standard InChI is InChI=1S/C17H18N4O3S/c22-15-10-20-6-7-21(17(23)16-18-5-8-25-16)9-12(20)11-24-14-4-2-1-3-13(14)19-15/h1-5,8,12H,6-7,9-11H2,(H,19,22)/t12-/m1/s1. The first-order chi connectivity index (χ1) is 12.2. The fraction of sp³-hybridized carbons (Fsp3) is 0.353. The molecule has 0 unspecified atom stereocenters. The Morgan fingerprint density at radius 3 is 3.04 bits per heavy atom. The van der Waals surface area contributed by atoms with Gasteiger partial charge in [0.2, 0.25) is 5.91 Å². The molecule has 0 spiro atoms. The van der Waals surface area contributed by atoms with E-state index in [0.29, 0.717) is 49.2 Å². The van der Waals surface area contributed by atoms with Crippen molar-refractivity contribution in [2.24, 2.45) is 0 Å². The molecule has 3 heterocycles. The summed E-state index contributed by atoms with van der Waals surface area (Å²) in [6.45, 7) is 2.45. The number of thiazole rings is 1. The summed E-state index contributed by atoms with van der Waals surface area (Å²) in [4.78, 5) is 32.8. The zero-order chi connectivity index (χ0) is 17.2. The van der Waals surface area contributed by atoms with Crippen LogP contribution in [-0.4, -0.2) is 65.4 Å². The number of para-hydroxylation sites is 2. The molecule has 130 valence electrons. The second kappa shape index (κ2) is 6.81. The van der Waals surface area contributed by atoms with Gasteiger partial charge in [0.25, 0.3) is 5.91 Å². The lowest BCUT2D eigenvalue weighted by molar-refractivity contribution is -0.118. The lowest BCUT2D eigenvalue weighted by atomic mass is 10.1. The van der Waals surface area contributed by atoms with Gasteiger partial charge in [-0.3, -0.25) is 14.5 Å². The number of nitrogens with one attached hydrogen (secondary N) is 1. The second-order valence-electron chi connectivity index (χ2n) is 6.07. The number of rotatable bonds is 1. The Bertz CT molecular complexity index is 780. The number of anilines is 1. The fourth-order valence-electron chi connectivity index (χ4n) is 3.16. The van der Waals surface area contributed by atoms with Gasteiger partial charge >= 0.3 is 0 Å². The van der Waals surface area contributed by atoms with Gasteiger partial charge in [-0.1, -0.05) is 12.1 Å². The Hall–Kier alpha value is -2.45. The number of hydrogen-bond acceptors (Lipinski definition) is 6. The first-order valence-electron chi connectivity index (χ1n) is 8.15. The summed E-state index contributed by atoms with van der Waals surface area (Å²) in [5.41, 5.74) is 0.683. The Kier molecular flexibility index (Phi) is 4.37. The number of hydrogen-bond donors (Lipinski definition) is 1. The molecule has 2 aliphatic rings. The van der Waals surface area contributed by atoms with Crippen LogP contribution in [0.25, 0.3) is 0 Å². The largest absolute Gasteiger partial charge is 0.490 e. The van der Waals surface area contributed by atoms with Crippen LogP contribution in [0, 0.1) is 0 Å². The molecule has 1 fully saturated rings. The van der Waals surface area contributed by atoms with Crippen LogP contribution in [0.5, 0.6) is 5.75 Å². The van der Waals surface area contributed by atoms with E-state index in [1.54, 1.807) is 16.5 Å². The Labute approximate surface area is 149 Å². The molecule has 0 saturated carbocycles. The number of ether oxygens (including phenoxy) is 1. The summed E-state index contributed by atoms with van der Waals surface area (Å²) < 4.78 is 5.94. The summed E-state index contributed by atoms with van der Waals surface area (Å²) in [6.07, 6.45) is 1.64. The topological polar surface area (TPSA) is 74.8 Å². The van der Waals surface area contributed by atoms with Gasteiger partial charge in [-0.25, -0.2) is 4.98 Å². The molecule has 2 aliphatic heterocycles. The molecule has 0 aliphatic carbocycles. The van der Waals surface area contributed by atoms with Crippen molar-refractivity contribution in [3.05, 3.63) is 40.8 Å². The van der Waals surface area contributed by atoms with E-state index in [1.807, 2.05) is 24.3 Å². The number of carbonyl (C=O) groups is 2. The van der Waals surface area contributed by atoms with Gasteiger partial charge in [0.15, 0.2) is 5.01 Å². The lowest BCUT2D eigenvalue weighted by Crippen LogP contribution is -2.57. The first kappa shape index (κ1) is 16.0. The van der Waals surface area contributed by atoms with Gasteiger partial charge in [-0.15, -0.1) is 11.3 Å². The maximum absolute atomic E-state index is 12.6. The van der Waals surface area contributed by atoms with Crippen LogP contribution < -0.4 is 10.1 Å². The van der Waals surface area contributed by atoms with Crippen molar-refractivity contribution in [1.29, 1.82) is 0 Å². The summed E-state index contributed by atoms with van der Waals surface area (Å²) >= 11 is 1.34. The van der Waals surface area contributed by atoms with E-state index in [-0.39, 0.29) is 17.9 Å². The summed E-state index contributed by atoms with van der Waals surface area (Å²) in [7, 11) is 0. The van der Waals surface area contributed by atoms with Crippen molar-refractivity contribution in [3.63, 3.8) is 0 Å². The van der Waals surface area contributed by atoms with E-state index in [9.17, 15) is 9.59 Å². The molecule has 0 radical (unpaired) electrons. The predicted molar refractivity (Wildman–Crippen MR) is 93.9 cm³/mol. The number of nitrogens with zero attached hydrogens (tertiary/aromatic N) is 3. The number of piperazine rings is 1. The maximum atomic E-state index is 12.6.